The molecule has 0 fully saturated rings. The maximum atomic E-state index is 2.42. The average Bonchev–Trinajstić information content (AvgIpc) is 2.43. The zero-order valence-electron chi connectivity index (χ0n) is 14.3. The van der Waals surface area contributed by atoms with E-state index in [0.29, 0.717) is 0 Å². The van der Waals surface area contributed by atoms with Crippen molar-refractivity contribution in [2.24, 2.45) is 0 Å². The highest BCUT2D eigenvalue weighted by Crippen LogP contribution is 2.12. The molecule has 0 aliphatic heterocycles. The van der Waals surface area contributed by atoms with Crippen LogP contribution in [0.25, 0.3) is 0 Å². The third kappa shape index (κ3) is 20.6. The van der Waals surface area contributed by atoms with Gasteiger partial charge in [-0.15, -0.1) is 0 Å². The summed E-state index contributed by atoms with van der Waals surface area (Å²) < 4.78 is 0. The lowest BCUT2D eigenvalue weighted by Gasteiger charge is -2.03. The molecule has 0 aromatic rings. The molecule has 0 bridgehead atoms. The van der Waals surface area contributed by atoms with Crippen molar-refractivity contribution < 1.29 is 17.7 Å². The number of halogens is 1. The van der Waals surface area contributed by atoms with Crippen LogP contribution in [0.1, 0.15) is 104 Å². The van der Waals surface area contributed by atoms with Gasteiger partial charge in [0.05, 0.1) is 13.1 Å². The highest BCUT2D eigenvalue weighted by atomic mass is 35.5. The molecule has 0 atom stereocenters. The Labute approximate surface area is 135 Å². The molecule has 0 aliphatic carbocycles. The van der Waals surface area contributed by atoms with E-state index < -0.39 is 0 Å². The van der Waals surface area contributed by atoms with Gasteiger partial charge in [0.2, 0.25) is 0 Å². The number of hydrogen-bond acceptors (Lipinski definition) is 0. The van der Waals surface area contributed by atoms with E-state index in [0.717, 1.165) is 0 Å². The predicted octanol–water partition coefficient (Wildman–Crippen LogP) is 2.06. The number of nitrogens with two attached hydrogens (primary N) is 1. The Hall–Kier alpha value is 0.250. The molecule has 2 N–H and O–H groups in total. The second kappa shape index (κ2) is 21.5. The Morgan fingerprint density at radius 1 is 0.500 bits per heavy atom. The molecule has 0 heterocycles. The maximum absolute atomic E-state index is 2.42. The molecule has 20 heavy (non-hydrogen) atoms. The Bertz CT molecular complexity index is 134. The summed E-state index contributed by atoms with van der Waals surface area (Å²) in [5, 5.41) is 2.42. The first-order chi connectivity index (χ1) is 9.41. The van der Waals surface area contributed by atoms with E-state index >= 15 is 0 Å². The zero-order chi connectivity index (χ0) is 14.0. The molecule has 2 heteroatoms. The van der Waals surface area contributed by atoms with E-state index in [1.807, 2.05) is 0 Å². The molecule has 0 aliphatic rings. The average molecular weight is 306 g/mol. The molecule has 1 nitrogen and oxygen atoms in total. The smallest absolute Gasteiger partial charge is 0.0755 e. The number of unbranched alkanes of at least 4 members (excludes halogenated alkanes) is 13. The summed E-state index contributed by atoms with van der Waals surface area (Å²) in [6.45, 7) is 7.12. The Balaban J connectivity index is 0. The van der Waals surface area contributed by atoms with Crippen LogP contribution >= 0.6 is 0 Å². The van der Waals surface area contributed by atoms with Gasteiger partial charge < -0.3 is 17.7 Å². The van der Waals surface area contributed by atoms with Crippen LogP contribution in [0.4, 0.5) is 0 Å². The highest BCUT2D eigenvalue weighted by Gasteiger charge is 1.94. The summed E-state index contributed by atoms with van der Waals surface area (Å²) in [5.74, 6) is 0. The van der Waals surface area contributed by atoms with E-state index in [1.165, 1.54) is 103 Å². The fourth-order valence-corrected chi connectivity index (χ4v) is 2.69. The lowest BCUT2D eigenvalue weighted by molar-refractivity contribution is -0.652. The zero-order valence-corrected chi connectivity index (χ0v) is 15.0. The van der Waals surface area contributed by atoms with Crippen LogP contribution in [-0.4, -0.2) is 13.1 Å². The normalized spacial score (nSPS) is 10.5. The second-order valence-corrected chi connectivity index (χ2v) is 6.08. The van der Waals surface area contributed by atoms with Crippen LogP contribution in [-0.2, 0) is 0 Å². The van der Waals surface area contributed by atoms with Crippen molar-refractivity contribution in [3.05, 3.63) is 0 Å². The standard InChI is InChI=1S/C18H39N.ClH/c1-3-5-6-7-8-9-10-11-12-13-14-15-16-17-18-19-4-2;/h19H,3-18H2,1-2H3;1H. The topological polar surface area (TPSA) is 16.6 Å². The molecule has 0 spiro atoms. The van der Waals surface area contributed by atoms with Crippen molar-refractivity contribution in [1.29, 1.82) is 0 Å². The lowest BCUT2D eigenvalue weighted by atomic mass is 10.0. The van der Waals surface area contributed by atoms with Crippen LogP contribution in [0.2, 0.25) is 0 Å². The van der Waals surface area contributed by atoms with Gasteiger partial charge >= 0.3 is 0 Å². The van der Waals surface area contributed by atoms with E-state index in [4.69, 9.17) is 0 Å². The van der Waals surface area contributed by atoms with Gasteiger partial charge in [0.25, 0.3) is 0 Å². The molecule has 0 rings (SSSR count). The fraction of sp³-hybridized carbons (Fsp3) is 1.00. The molecule has 124 valence electrons. The second-order valence-electron chi connectivity index (χ2n) is 6.08. The van der Waals surface area contributed by atoms with Crippen molar-refractivity contribution >= 4 is 0 Å². The van der Waals surface area contributed by atoms with Crippen LogP contribution < -0.4 is 17.7 Å². The Kier molecular flexibility index (Phi) is 24.3. The molecular weight excluding hydrogens is 266 g/mol. The number of hydrogen-bond donors (Lipinski definition) is 1. The minimum Gasteiger partial charge on any atom is -1.00 e. The van der Waals surface area contributed by atoms with Gasteiger partial charge in [-0.2, -0.15) is 0 Å². The molecule has 0 saturated carbocycles. The monoisotopic (exact) mass is 305 g/mol. The van der Waals surface area contributed by atoms with Crippen LogP contribution in [0.3, 0.4) is 0 Å². The predicted molar refractivity (Wildman–Crippen MR) is 87.6 cm³/mol. The Morgan fingerprint density at radius 3 is 1.20 bits per heavy atom. The minimum absolute atomic E-state index is 0. The van der Waals surface area contributed by atoms with Gasteiger partial charge in [0.1, 0.15) is 0 Å². The van der Waals surface area contributed by atoms with Crippen LogP contribution in [0, 0.1) is 0 Å². The SMILES string of the molecule is CCCCCCCCCCCCCCCC[NH2+]CC.[Cl-]. The summed E-state index contributed by atoms with van der Waals surface area (Å²) in [5.41, 5.74) is 0. The maximum Gasteiger partial charge on any atom is 0.0755 e. The molecular formula is C18H40ClN. The van der Waals surface area contributed by atoms with Gasteiger partial charge in [0.15, 0.2) is 0 Å². The van der Waals surface area contributed by atoms with Crippen LogP contribution in [0.5, 0.6) is 0 Å². The molecule has 0 amide bonds. The third-order valence-electron chi connectivity index (χ3n) is 4.05. The summed E-state index contributed by atoms with van der Waals surface area (Å²) in [4.78, 5) is 0. The van der Waals surface area contributed by atoms with Gasteiger partial charge in [-0.3, -0.25) is 0 Å². The van der Waals surface area contributed by atoms with Crippen molar-refractivity contribution in [3.63, 3.8) is 0 Å². The first-order valence-electron chi connectivity index (χ1n) is 9.23. The summed E-state index contributed by atoms with van der Waals surface area (Å²) in [6, 6.07) is 0. The summed E-state index contributed by atoms with van der Waals surface area (Å²) >= 11 is 0. The van der Waals surface area contributed by atoms with E-state index in [2.05, 4.69) is 19.2 Å². The molecule has 0 aromatic carbocycles. The summed E-state index contributed by atoms with van der Waals surface area (Å²) in [7, 11) is 0. The minimum atomic E-state index is 0. The first kappa shape index (κ1) is 22.5. The quantitative estimate of drug-likeness (QED) is 0.420. The van der Waals surface area contributed by atoms with E-state index in [1.54, 1.807) is 0 Å². The van der Waals surface area contributed by atoms with Gasteiger partial charge in [0, 0.05) is 0 Å². The number of quaternary nitrogens is 1. The summed E-state index contributed by atoms with van der Waals surface area (Å²) in [6.07, 6.45) is 20.5. The molecule has 0 saturated heterocycles. The molecule has 0 radical (unpaired) electrons. The molecule has 0 aromatic heterocycles. The van der Waals surface area contributed by atoms with Gasteiger partial charge in [-0.05, 0) is 19.8 Å². The lowest BCUT2D eigenvalue weighted by Crippen LogP contribution is -3.00. The largest absolute Gasteiger partial charge is 1.00 e. The van der Waals surface area contributed by atoms with Crippen molar-refractivity contribution in [3.8, 4) is 0 Å². The third-order valence-corrected chi connectivity index (χ3v) is 4.05. The first-order valence-corrected chi connectivity index (χ1v) is 9.23. The highest BCUT2D eigenvalue weighted by molar-refractivity contribution is 4.48. The Morgan fingerprint density at radius 2 is 0.850 bits per heavy atom. The number of rotatable bonds is 16. The van der Waals surface area contributed by atoms with Crippen molar-refractivity contribution in [1.82, 2.24) is 0 Å². The molecule has 0 unspecified atom stereocenters. The van der Waals surface area contributed by atoms with E-state index in [-0.39, 0.29) is 12.4 Å². The van der Waals surface area contributed by atoms with Gasteiger partial charge in [-0.1, -0.05) is 84.0 Å². The van der Waals surface area contributed by atoms with E-state index in [9.17, 15) is 0 Å². The van der Waals surface area contributed by atoms with Gasteiger partial charge in [-0.25, -0.2) is 0 Å². The van der Waals surface area contributed by atoms with Crippen molar-refractivity contribution in [2.75, 3.05) is 13.1 Å². The van der Waals surface area contributed by atoms with Crippen LogP contribution in [0.15, 0.2) is 0 Å². The fourth-order valence-electron chi connectivity index (χ4n) is 2.69. The van der Waals surface area contributed by atoms with Crippen molar-refractivity contribution in [2.45, 2.75) is 104 Å².